The first-order chi connectivity index (χ1) is 15.9. The number of aromatic nitrogens is 2. The summed E-state index contributed by atoms with van der Waals surface area (Å²) in [5.41, 5.74) is 3.80. The van der Waals surface area contributed by atoms with E-state index in [0.717, 1.165) is 29.3 Å². The summed E-state index contributed by atoms with van der Waals surface area (Å²) in [5.74, 6) is 1.66. The highest BCUT2D eigenvalue weighted by Gasteiger charge is 2.25. The van der Waals surface area contributed by atoms with Crippen LogP contribution in [0.4, 0.5) is 22.0 Å². The molecule has 0 aliphatic carbocycles. The molecule has 170 valence electrons. The number of carbonyl (C=O) groups excluding carboxylic acids is 1. The van der Waals surface area contributed by atoms with Crippen LogP contribution < -0.4 is 10.2 Å². The number of aryl methyl sites for hydroxylation is 2. The Kier molecular flexibility index (Phi) is 6.48. The van der Waals surface area contributed by atoms with Gasteiger partial charge in [0.2, 0.25) is 0 Å². The van der Waals surface area contributed by atoms with E-state index in [1.807, 2.05) is 32.0 Å². The molecule has 0 atom stereocenters. The molecule has 2 heterocycles. The Morgan fingerprint density at radius 2 is 1.67 bits per heavy atom. The lowest BCUT2D eigenvalue weighted by Crippen LogP contribution is -2.50. The molecule has 3 aromatic rings. The van der Waals surface area contributed by atoms with Gasteiger partial charge in [-0.25, -0.2) is 14.8 Å². The molecule has 1 aliphatic heterocycles. The Labute approximate surface area is 192 Å². The van der Waals surface area contributed by atoms with Gasteiger partial charge >= 0.3 is 6.03 Å². The van der Waals surface area contributed by atoms with Crippen LogP contribution in [0.1, 0.15) is 22.6 Å². The Balaban J connectivity index is 1.43. The van der Waals surface area contributed by atoms with Crippen molar-refractivity contribution in [2.24, 2.45) is 0 Å². The van der Waals surface area contributed by atoms with Crippen molar-refractivity contribution in [1.29, 1.82) is 0 Å². The van der Waals surface area contributed by atoms with Gasteiger partial charge in [0.25, 0.3) is 5.69 Å². The number of anilines is 2. The molecule has 1 aromatic heterocycles. The van der Waals surface area contributed by atoms with Gasteiger partial charge in [0.1, 0.15) is 11.6 Å². The Hall–Kier alpha value is -4.01. The van der Waals surface area contributed by atoms with Crippen LogP contribution >= 0.6 is 0 Å². The van der Waals surface area contributed by atoms with Crippen molar-refractivity contribution in [1.82, 2.24) is 14.9 Å². The second-order valence-corrected chi connectivity index (χ2v) is 8.03. The first-order valence-electron chi connectivity index (χ1n) is 10.8. The third kappa shape index (κ3) is 5.25. The second kappa shape index (κ2) is 9.64. The minimum Gasteiger partial charge on any atom is -0.353 e. The average Bonchev–Trinajstić information content (AvgIpc) is 2.82. The first kappa shape index (κ1) is 22.2. The van der Waals surface area contributed by atoms with E-state index in [0.29, 0.717) is 31.9 Å². The maximum atomic E-state index is 12.7. The van der Waals surface area contributed by atoms with Gasteiger partial charge in [-0.2, -0.15) is 0 Å². The van der Waals surface area contributed by atoms with E-state index in [1.54, 1.807) is 4.90 Å². The van der Waals surface area contributed by atoms with E-state index in [2.05, 4.69) is 27.3 Å². The lowest BCUT2D eigenvalue weighted by molar-refractivity contribution is -0.384. The fraction of sp³-hybridized carbons (Fsp3) is 0.292. The highest BCUT2D eigenvalue weighted by atomic mass is 16.6. The lowest BCUT2D eigenvalue weighted by atomic mass is 10.0. The topological polar surface area (TPSA) is 105 Å². The van der Waals surface area contributed by atoms with Crippen LogP contribution in [0.3, 0.4) is 0 Å². The van der Waals surface area contributed by atoms with Gasteiger partial charge in [-0.1, -0.05) is 30.3 Å². The molecular weight excluding hydrogens is 420 g/mol. The van der Waals surface area contributed by atoms with E-state index in [9.17, 15) is 14.9 Å². The molecule has 0 spiro atoms. The molecule has 9 nitrogen and oxygen atoms in total. The zero-order valence-electron chi connectivity index (χ0n) is 18.7. The standard InChI is InChI=1S/C24H26N6O3/c1-17-22(16-19-6-4-3-5-7-19)23(26-18(2)25-17)28-12-14-29(15-13-28)24(31)27-20-8-10-21(11-9-20)30(32)33/h3-11H,12-16H2,1-2H3,(H,27,31). The van der Waals surface area contributed by atoms with E-state index in [-0.39, 0.29) is 11.7 Å². The molecule has 1 aliphatic rings. The average molecular weight is 447 g/mol. The monoisotopic (exact) mass is 446 g/mol. The summed E-state index contributed by atoms with van der Waals surface area (Å²) in [5, 5.41) is 13.6. The smallest absolute Gasteiger partial charge is 0.321 e. The van der Waals surface area contributed by atoms with E-state index in [1.165, 1.54) is 29.8 Å². The highest BCUT2D eigenvalue weighted by Crippen LogP contribution is 2.25. The molecule has 1 saturated heterocycles. The number of nitrogens with one attached hydrogen (secondary N) is 1. The molecule has 0 radical (unpaired) electrons. The third-order valence-electron chi connectivity index (χ3n) is 5.72. The van der Waals surface area contributed by atoms with Crippen molar-refractivity contribution in [3.05, 3.63) is 87.4 Å². The van der Waals surface area contributed by atoms with Gasteiger partial charge in [-0.05, 0) is 31.5 Å². The molecule has 33 heavy (non-hydrogen) atoms. The summed E-state index contributed by atoms with van der Waals surface area (Å²) in [4.78, 5) is 36.3. The van der Waals surface area contributed by atoms with E-state index in [4.69, 9.17) is 4.98 Å². The molecule has 4 rings (SSSR count). The van der Waals surface area contributed by atoms with Crippen molar-refractivity contribution in [3.63, 3.8) is 0 Å². The fourth-order valence-electron chi connectivity index (χ4n) is 3.98. The van der Waals surface area contributed by atoms with Crippen molar-refractivity contribution >= 4 is 23.2 Å². The summed E-state index contributed by atoms with van der Waals surface area (Å²) in [6.07, 6.45) is 0.753. The van der Waals surface area contributed by atoms with Gasteiger partial charge in [0.05, 0.1) is 4.92 Å². The van der Waals surface area contributed by atoms with Crippen molar-refractivity contribution in [2.75, 3.05) is 36.4 Å². The normalized spacial score (nSPS) is 13.6. The number of carbonyl (C=O) groups is 1. The van der Waals surface area contributed by atoms with Gasteiger partial charge in [-0.3, -0.25) is 10.1 Å². The number of nitro benzene ring substituents is 1. The molecule has 2 aromatic carbocycles. The minimum absolute atomic E-state index is 0.0108. The fourth-order valence-corrected chi connectivity index (χ4v) is 3.98. The molecular formula is C24H26N6O3. The van der Waals surface area contributed by atoms with Crippen LogP contribution in [0.15, 0.2) is 54.6 Å². The van der Waals surface area contributed by atoms with Crippen LogP contribution in [-0.2, 0) is 6.42 Å². The number of non-ortho nitro benzene ring substituents is 1. The van der Waals surface area contributed by atoms with Gasteiger partial charge in [0.15, 0.2) is 0 Å². The number of benzene rings is 2. The number of piperazine rings is 1. The maximum absolute atomic E-state index is 12.7. The zero-order chi connectivity index (χ0) is 23.4. The van der Waals surface area contributed by atoms with Crippen molar-refractivity contribution in [2.45, 2.75) is 20.3 Å². The molecule has 0 saturated carbocycles. The molecule has 0 bridgehead atoms. The Bertz CT molecular complexity index is 1140. The third-order valence-corrected chi connectivity index (χ3v) is 5.72. The molecule has 0 unspecified atom stereocenters. The second-order valence-electron chi connectivity index (χ2n) is 8.03. The number of nitro groups is 1. The number of hydrogen-bond donors (Lipinski definition) is 1. The summed E-state index contributed by atoms with van der Waals surface area (Å²) >= 11 is 0. The van der Waals surface area contributed by atoms with Gasteiger partial charge in [-0.15, -0.1) is 0 Å². The van der Waals surface area contributed by atoms with Crippen LogP contribution in [0.25, 0.3) is 0 Å². The van der Waals surface area contributed by atoms with Crippen molar-refractivity contribution in [3.8, 4) is 0 Å². The van der Waals surface area contributed by atoms with E-state index < -0.39 is 4.92 Å². The van der Waals surface area contributed by atoms with Gasteiger partial charge < -0.3 is 15.1 Å². The van der Waals surface area contributed by atoms with Crippen LogP contribution in [-0.4, -0.2) is 52.0 Å². The van der Waals surface area contributed by atoms with Crippen LogP contribution in [0.2, 0.25) is 0 Å². The predicted octanol–water partition coefficient (Wildman–Crippen LogP) is 3.95. The number of rotatable bonds is 5. The van der Waals surface area contributed by atoms with Gasteiger partial charge in [0, 0.05) is 61.7 Å². The predicted molar refractivity (Wildman–Crippen MR) is 127 cm³/mol. The van der Waals surface area contributed by atoms with Crippen LogP contribution in [0.5, 0.6) is 0 Å². The quantitative estimate of drug-likeness (QED) is 0.470. The lowest BCUT2D eigenvalue weighted by Gasteiger charge is -2.36. The van der Waals surface area contributed by atoms with Crippen LogP contribution in [0, 0.1) is 24.0 Å². The minimum atomic E-state index is -0.465. The number of nitrogens with zero attached hydrogens (tertiary/aromatic N) is 5. The summed E-state index contributed by atoms with van der Waals surface area (Å²) in [6, 6.07) is 15.9. The molecule has 9 heteroatoms. The highest BCUT2D eigenvalue weighted by molar-refractivity contribution is 5.89. The Morgan fingerprint density at radius 1 is 1.00 bits per heavy atom. The number of hydrogen-bond acceptors (Lipinski definition) is 6. The summed E-state index contributed by atoms with van der Waals surface area (Å²) < 4.78 is 0. The molecule has 1 N–H and O–H groups in total. The SMILES string of the molecule is Cc1nc(C)c(Cc2ccccc2)c(N2CCN(C(=O)Nc3ccc([N+](=O)[O-])cc3)CC2)n1. The first-order valence-corrected chi connectivity index (χ1v) is 10.8. The molecule has 2 amide bonds. The summed E-state index contributed by atoms with van der Waals surface area (Å²) in [7, 11) is 0. The Morgan fingerprint density at radius 3 is 2.30 bits per heavy atom. The number of urea groups is 1. The van der Waals surface area contributed by atoms with Crippen molar-refractivity contribution < 1.29 is 9.72 Å². The largest absolute Gasteiger partial charge is 0.353 e. The number of amides is 2. The summed E-state index contributed by atoms with van der Waals surface area (Å²) in [6.45, 7) is 6.33. The zero-order valence-corrected chi connectivity index (χ0v) is 18.7. The maximum Gasteiger partial charge on any atom is 0.321 e. The van der Waals surface area contributed by atoms with E-state index >= 15 is 0 Å². The molecule has 1 fully saturated rings.